The second-order valence-electron chi connectivity index (χ2n) is 6.66. The number of hydrogen-bond acceptors (Lipinski definition) is 4. The van der Waals surface area contributed by atoms with Crippen LogP contribution in [0, 0.1) is 5.82 Å². The molecule has 2 N–H and O–H groups in total. The third-order valence-electron chi connectivity index (χ3n) is 4.65. The molecule has 1 aromatic heterocycles. The highest BCUT2D eigenvalue weighted by Gasteiger charge is 2.26. The molecule has 0 saturated heterocycles. The van der Waals surface area contributed by atoms with Crippen LogP contribution in [0.4, 0.5) is 10.1 Å². The van der Waals surface area contributed by atoms with Gasteiger partial charge in [0.05, 0.1) is 18.1 Å². The van der Waals surface area contributed by atoms with Crippen molar-refractivity contribution >= 4 is 51.4 Å². The monoisotopic (exact) mass is 503 g/mol. The summed E-state index contributed by atoms with van der Waals surface area (Å²) in [6.45, 7) is 0. The number of furan rings is 1. The predicted octanol–water partition coefficient (Wildman–Crippen LogP) is 5.71. The second kappa shape index (κ2) is 8.30. The number of halogens is 2. The first-order valence-electron chi connectivity index (χ1n) is 9.07. The quantitative estimate of drug-likeness (QED) is 0.268. The van der Waals surface area contributed by atoms with Crippen molar-refractivity contribution in [3.05, 3.63) is 82.6 Å². The van der Waals surface area contributed by atoms with Crippen molar-refractivity contribution in [2.45, 2.75) is 0 Å². The number of nitrogens with one attached hydrogen (secondary N) is 1. The van der Waals surface area contributed by atoms with E-state index < -0.39 is 19.3 Å². The van der Waals surface area contributed by atoms with Crippen LogP contribution in [-0.2, 0) is 9.30 Å². The minimum atomic E-state index is -3.92. The van der Waals surface area contributed by atoms with Crippen molar-refractivity contribution in [3.8, 4) is 11.3 Å². The Bertz CT molecular complexity index is 1320. The maximum atomic E-state index is 13.3. The fourth-order valence-corrected chi connectivity index (χ4v) is 4.98. The van der Waals surface area contributed by atoms with E-state index in [-0.39, 0.29) is 16.6 Å². The van der Waals surface area contributed by atoms with Gasteiger partial charge in [-0.25, -0.2) is 9.18 Å². The average molecular weight is 504 g/mol. The van der Waals surface area contributed by atoms with Crippen molar-refractivity contribution in [3.63, 3.8) is 0 Å². The van der Waals surface area contributed by atoms with Gasteiger partial charge in [0.2, 0.25) is 0 Å². The molecule has 3 aromatic carbocycles. The highest BCUT2D eigenvalue weighted by molar-refractivity contribution is 9.10. The summed E-state index contributed by atoms with van der Waals surface area (Å²) in [5, 5.41) is 3.33. The van der Waals surface area contributed by atoms with Crippen LogP contribution in [0.25, 0.3) is 22.3 Å². The molecule has 0 radical (unpaired) electrons. The van der Waals surface area contributed by atoms with E-state index in [0.717, 1.165) is 0 Å². The molecule has 4 aromatic rings. The third kappa shape index (κ3) is 4.14. The first kappa shape index (κ1) is 21.3. The Morgan fingerprint density at radius 1 is 1.13 bits per heavy atom. The van der Waals surface area contributed by atoms with Gasteiger partial charge in [0.15, 0.2) is 0 Å². The number of fused-ring (bicyclic) bond motifs is 1. The van der Waals surface area contributed by atoms with Gasteiger partial charge >= 0.3 is 13.5 Å². The summed E-state index contributed by atoms with van der Waals surface area (Å²) in [6.07, 6.45) is 0. The van der Waals surface area contributed by atoms with Gasteiger partial charge in [-0.1, -0.05) is 18.2 Å². The summed E-state index contributed by atoms with van der Waals surface area (Å²) in [7, 11) is -2.67. The normalized spacial score (nSPS) is 13.0. The van der Waals surface area contributed by atoms with Crippen LogP contribution >= 0.6 is 23.4 Å². The molecule has 0 aliphatic heterocycles. The van der Waals surface area contributed by atoms with Gasteiger partial charge < -0.3 is 19.1 Å². The Morgan fingerprint density at radius 3 is 2.45 bits per heavy atom. The first-order chi connectivity index (χ1) is 14.8. The summed E-state index contributed by atoms with van der Waals surface area (Å²) < 4.78 is 37.4. The summed E-state index contributed by atoms with van der Waals surface area (Å²) >= 11 is 3.38. The lowest BCUT2D eigenvalue weighted by Gasteiger charge is -2.15. The van der Waals surface area contributed by atoms with Gasteiger partial charge in [-0.05, 0) is 58.4 Å². The van der Waals surface area contributed by atoms with E-state index in [1.807, 2.05) is 0 Å². The zero-order valence-corrected chi connectivity index (χ0v) is 18.6. The third-order valence-corrected chi connectivity index (χ3v) is 6.85. The molecule has 0 aliphatic rings. The SMILES string of the molecule is COC(=O)c1c(-c2ccc(F)cc2)oc2cc(NP(=O)(O)c3ccccc3)c(Br)cc12. The molecular weight excluding hydrogens is 488 g/mol. The number of rotatable bonds is 5. The Balaban J connectivity index is 1.84. The van der Waals surface area contributed by atoms with E-state index in [1.54, 1.807) is 36.4 Å². The highest BCUT2D eigenvalue weighted by atomic mass is 79.9. The topological polar surface area (TPSA) is 88.8 Å². The number of methoxy groups -OCH3 is 1. The maximum Gasteiger partial charge on any atom is 0.342 e. The Kier molecular flexibility index (Phi) is 5.71. The van der Waals surface area contributed by atoms with Crippen LogP contribution in [-0.4, -0.2) is 18.0 Å². The molecule has 0 aliphatic carbocycles. The number of carbonyl (C=O) groups excluding carboxylic acids is 1. The molecule has 1 heterocycles. The van der Waals surface area contributed by atoms with Crippen molar-refractivity contribution in [2.75, 3.05) is 12.2 Å². The number of anilines is 1. The van der Waals surface area contributed by atoms with E-state index in [1.165, 1.54) is 37.4 Å². The van der Waals surface area contributed by atoms with Crippen molar-refractivity contribution in [1.29, 1.82) is 0 Å². The van der Waals surface area contributed by atoms with E-state index in [4.69, 9.17) is 9.15 Å². The molecular formula is C22H16BrFNO5P. The first-order valence-corrected chi connectivity index (χ1v) is 11.5. The van der Waals surface area contributed by atoms with Crippen LogP contribution in [0.2, 0.25) is 0 Å². The van der Waals surface area contributed by atoms with Crippen molar-refractivity contribution < 1.29 is 27.8 Å². The number of esters is 1. The smallest absolute Gasteiger partial charge is 0.342 e. The molecule has 6 nitrogen and oxygen atoms in total. The molecule has 1 atom stereocenters. The zero-order valence-electron chi connectivity index (χ0n) is 16.1. The largest absolute Gasteiger partial charge is 0.465 e. The van der Waals surface area contributed by atoms with Gasteiger partial charge in [0, 0.05) is 21.5 Å². The molecule has 9 heteroatoms. The molecule has 0 fully saturated rings. The van der Waals surface area contributed by atoms with Gasteiger partial charge in [-0.15, -0.1) is 0 Å². The highest BCUT2D eigenvalue weighted by Crippen LogP contribution is 2.44. The fourth-order valence-electron chi connectivity index (χ4n) is 3.17. The molecule has 31 heavy (non-hydrogen) atoms. The van der Waals surface area contributed by atoms with Crippen LogP contribution < -0.4 is 10.4 Å². The van der Waals surface area contributed by atoms with E-state index >= 15 is 0 Å². The van der Waals surface area contributed by atoms with Crippen molar-refractivity contribution in [2.24, 2.45) is 0 Å². The zero-order chi connectivity index (χ0) is 22.2. The Morgan fingerprint density at radius 2 is 1.81 bits per heavy atom. The molecule has 0 saturated carbocycles. The minimum Gasteiger partial charge on any atom is -0.465 e. The molecule has 0 bridgehead atoms. The van der Waals surface area contributed by atoms with E-state index in [9.17, 15) is 18.6 Å². The Labute approximate surface area is 185 Å². The lowest BCUT2D eigenvalue weighted by molar-refractivity contribution is 0.0603. The van der Waals surface area contributed by atoms with Crippen LogP contribution in [0.5, 0.6) is 0 Å². The summed E-state index contributed by atoms with van der Waals surface area (Å²) in [5.41, 5.74) is 1.25. The second-order valence-corrected chi connectivity index (χ2v) is 9.40. The minimum absolute atomic E-state index is 0.173. The lowest BCUT2D eigenvalue weighted by Crippen LogP contribution is -2.10. The van der Waals surface area contributed by atoms with Crippen molar-refractivity contribution in [1.82, 2.24) is 0 Å². The van der Waals surface area contributed by atoms with E-state index in [2.05, 4.69) is 21.0 Å². The van der Waals surface area contributed by atoms with Gasteiger partial charge in [0.1, 0.15) is 22.7 Å². The van der Waals surface area contributed by atoms with Crippen LogP contribution in [0.15, 0.2) is 75.6 Å². The van der Waals surface area contributed by atoms with Crippen LogP contribution in [0.3, 0.4) is 0 Å². The number of hydrogen-bond donors (Lipinski definition) is 2. The summed E-state index contributed by atoms with van der Waals surface area (Å²) in [4.78, 5) is 23.0. The summed E-state index contributed by atoms with van der Waals surface area (Å²) in [6, 6.07) is 16.8. The van der Waals surface area contributed by atoms with Gasteiger partial charge in [-0.2, -0.15) is 0 Å². The predicted molar refractivity (Wildman–Crippen MR) is 120 cm³/mol. The standard InChI is InChI=1S/C22H16BrFNO5P/c1-29-22(26)20-16-11-17(23)18(25-31(27,28)15-5-3-2-4-6-15)12-19(16)30-21(20)13-7-9-14(24)10-8-13/h2-12H,1H3,(H2,25,27,28). The molecule has 158 valence electrons. The number of benzene rings is 3. The lowest BCUT2D eigenvalue weighted by atomic mass is 10.1. The molecule has 4 rings (SSSR count). The maximum absolute atomic E-state index is 13.3. The summed E-state index contributed by atoms with van der Waals surface area (Å²) in [5.74, 6) is -0.836. The average Bonchev–Trinajstić information content (AvgIpc) is 3.12. The fraction of sp³-hybridized carbons (Fsp3) is 0.0455. The van der Waals surface area contributed by atoms with Gasteiger partial charge in [-0.3, -0.25) is 4.57 Å². The molecule has 1 unspecified atom stereocenters. The van der Waals surface area contributed by atoms with Crippen LogP contribution in [0.1, 0.15) is 10.4 Å². The number of ether oxygens (including phenoxy) is 1. The Hall–Kier alpha value is -2.93. The number of carbonyl (C=O) groups is 1. The molecule has 0 spiro atoms. The van der Waals surface area contributed by atoms with Gasteiger partial charge in [0.25, 0.3) is 0 Å². The molecule has 0 amide bonds. The van der Waals surface area contributed by atoms with E-state index in [0.29, 0.717) is 26.7 Å².